The van der Waals surface area contributed by atoms with Crippen molar-refractivity contribution in [3.63, 3.8) is 0 Å². The molecule has 18 heavy (non-hydrogen) atoms. The first-order valence-electron chi connectivity index (χ1n) is 5.14. The molecule has 0 spiro atoms. The highest BCUT2D eigenvalue weighted by Crippen LogP contribution is 2.39. The molecule has 0 amide bonds. The Balaban J connectivity index is 3.44. The van der Waals surface area contributed by atoms with Crippen LogP contribution in [0.1, 0.15) is 25.8 Å². The van der Waals surface area contributed by atoms with Gasteiger partial charge in [0.1, 0.15) is 0 Å². The van der Waals surface area contributed by atoms with Crippen molar-refractivity contribution in [2.24, 2.45) is 0 Å². The van der Waals surface area contributed by atoms with Crippen molar-refractivity contribution in [2.75, 3.05) is 7.11 Å². The Kier molecular flexibility index (Phi) is 4.16. The summed E-state index contributed by atoms with van der Waals surface area (Å²) in [7, 11) is 1.19. The summed E-state index contributed by atoms with van der Waals surface area (Å²) in [5.41, 5.74) is -0.716. The molecule has 0 atom stereocenters. The molecular weight excluding hydrogens is 266 g/mol. The lowest BCUT2D eigenvalue weighted by Gasteiger charge is -2.26. The van der Waals surface area contributed by atoms with Crippen LogP contribution in [0.2, 0.25) is 5.02 Å². The van der Waals surface area contributed by atoms with Crippen LogP contribution in [0.5, 0.6) is 5.75 Å². The number of aliphatic carboxylic acids is 1. The molecule has 0 aliphatic rings. The van der Waals surface area contributed by atoms with Gasteiger partial charge in [0.2, 0.25) is 5.82 Å². The van der Waals surface area contributed by atoms with Gasteiger partial charge < -0.3 is 9.84 Å². The first kappa shape index (κ1) is 14.7. The normalized spacial score (nSPS) is 11.4. The maximum Gasteiger partial charge on any atom is 0.304 e. The van der Waals surface area contributed by atoms with E-state index in [1.807, 2.05) is 0 Å². The van der Waals surface area contributed by atoms with Crippen LogP contribution in [0, 0.1) is 11.6 Å². The highest BCUT2D eigenvalue weighted by Gasteiger charge is 2.31. The molecule has 0 radical (unpaired) electrons. The minimum Gasteiger partial charge on any atom is -0.493 e. The van der Waals surface area contributed by atoms with Gasteiger partial charge in [-0.2, -0.15) is 4.39 Å². The summed E-state index contributed by atoms with van der Waals surface area (Å²) in [6, 6.07) is 1.20. The fourth-order valence-corrected chi connectivity index (χ4v) is 1.95. The number of hydrogen-bond acceptors (Lipinski definition) is 2. The zero-order valence-electron chi connectivity index (χ0n) is 10.2. The summed E-state index contributed by atoms with van der Waals surface area (Å²) in [5.74, 6) is -3.78. The molecule has 1 aromatic rings. The van der Waals surface area contributed by atoms with Crippen LogP contribution < -0.4 is 4.74 Å². The number of methoxy groups -OCH3 is 1. The average molecular weight is 279 g/mol. The molecule has 1 aromatic carbocycles. The number of carbonyl (C=O) groups is 1. The Morgan fingerprint density at radius 2 is 2.00 bits per heavy atom. The predicted octanol–water partition coefficient (Wildman–Crippen LogP) is 3.38. The monoisotopic (exact) mass is 278 g/mol. The number of carboxylic acids is 1. The summed E-state index contributed by atoms with van der Waals surface area (Å²) in [4.78, 5) is 10.8. The van der Waals surface area contributed by atoms with Gasteiger partial charge >= 0.3 is 5.97 Å². The number of carboxylic acid groups (broad SMARTS) is 1. The fraction of sp³-hybridized carbons (Fsp3) is 0.417. The highest BCUT2D eigenvalue weighted by atomic mass is 35.5. The minimum atomic E-state index is -1.21. The van der Waals surface area contributed by atoms with E-state index in [4.69, 9.17) is 21.4 Å². The van der Waals surface area contributed by atoms with Gasteiger partial charge in [-0.3, -0.25) is 4.79 Å². The van der Waals surface area contributed by atoms with Gasteiger partial charge in [-0.1, -0.05) is 25.4 Å². The zero-order chi connectivity index (χ0) is 14.1. The highest BCUT2D eigenvalue weighted by molar-refractivity contribution is 6.30. The molecule has 0 saturated carbocycles. The van der Waals surface area contributed by atoms with Crippen LogP contribution in [-0.4, -0.2) is 18.2 Å². The molecule has 0 fully saturated rings. The van der Waals surface area contributed by atoms with E-state index < -0.39 is 28.0 Å². The lowest BCUT2D eigenvalue weighted by molar-refractivity contribution is -0.138. The SMILES string of the molecule is COc1c(C(C)(C)CC(=O)O)cc(Cl)c(F)c1F. The molecular formula is C12H13ClF2O3. The second kappa shape index (κ2) is 5.10. The second-order valence-electron chi connectivity index (χ2n) is 4.52. The van der Waals surface area contributed by atoms with E-state index in [1.54, 1.807) is 13.8 Å². The van der Waals surface area contributed by atoms with Crippen LogP contribution >= 0.6 is 11.6 Å². The number of ether oxygens (including phenoxy) is 1. The molecule has 0 saturated heterocycles. The largest absolute Gasteiger partial charge is 0.493 e. The lowest BCUT2D eigenvalue weighted by atomic mass is 9.81. The number of hydrogen-bond donors (Lipinski definition) is 1. The standard InChI is InChI=1S/C12H13ClF2O3/c1-12(2,5-8(16)17)6-4-7(13)9(14)10(15)11(6)18-3/h4H,5H2,1-3H3,(H,16,17). The van der Waals surface area contributed by atoms with Crippen molar-refractivity contribution in [1.82, 2.24) is 0 Å². The Morgan fingerprint density at radius 3 is 2.44 bits per heavy atom. The summed E-state index contributed by atoms with van der Waals surface area (Å²) < 4.78 is 31.8. The minimum absolute atomic E-state index is 0.219. The van der Waals surface area contributed by atoms with Gasteiger partial charge in [0.05, 0.1) is 18.6 Å². The lowest BCUT2D eigenvalue weighted by Crippen LogP contribution is -2.23. The molecule has 3 nitrogen and oxygen atoms in total. The third kappa shape index (κ3) is 2.72. The molecule has 0 aliphatic heterocycles. The second-order valence-corrected chi connectivity index (χ2v) is 4.93. The van der Waals surface area contributed by atoms with Gasteiger partial charge in [-0.15, -0.1) is 0 Å². The van der Waals surface area contributed by atoms with E-state index in [0.29, 0.717) is 0 Å². The summed E-state index contributed by atoms with van der Waals surface area (Å²) in [5, 5.41) is 8.42. The molecule has 0 unspecified atom stereocenters. The van der Waals surface area contributed by atoms with E-state index in [0.717, 1.165) is 0 Å². The number of benzene rings is 1. The third-order valence-corrected chi connectivity index (χ3v) is 2.92. The first-order valence-corrected chi connectivity index (χ1v) is 5.52. The molecule has 0 aliphatic carbocycles. The smallest absolute Gasteiger partial charge is 0.304 e. The van der Waals surface area contributed by atoms with Gasteiger partial charge in [-0.25, -0.2) is 4.39 Å². The quantitative estimate of drug-likeness (QED) is 0.859. The van der Waals surface area contributed by atoms with Crippen molar-refractivity contribution in [3.05, 3.63) is 28.3 Å². The van der Waals surface area contributed by atoms with Crippen LogP contribution in [-0.2, 0) is 10.2 Å². The van der Waals surface area contributed by atoms with E-state index in [-0.39, 0.29) is 17.7 Å². The van der Waals surface area contributed by atoms with Crippen LogP contribution in [0.4, 0.5) is 8.78 Å². The number of rotatable bonds is 4. The topological polar surface area (TPSA) is 46.5 Å². The molecule has 0 bridgehead atoms. The maximum absolute atomic E-state index is 13.7. The molecule has 6 heteroatoms. The van der Waals surface area contributed by atoms with Crippen LogP contribution in [0.15, 0.2) is 6.07 Å². The van der Waals surface area contributed by atoms with E-state index >= 15 is 0 Å². The first-order chi connectivity index (χ1) is 8.20. The van der Waals surface area contributed by atoms with Gasteiger partial charge in [0, 0.05) is 11.0 Å². The molecule has 0 heterocycles. The predicted molar refractivity (Wildman–Crippen MR) is 63.2 cm³/mol. The Morgan fingerprint density at radius 1 is 1.44 bits per heavy atom. The average Bonchev–Trinajstić information content (AvgIpc) is 2.23. The summed E-state index contributed by atoms with van der Waals surface area (Å²) in [6.07, 6.45) is -0.259. The van der Waals surface area contributed by atoms with Gasteiger partial charge in [0.25, 0.3) is 0 Å². The molecule has 0 aromatic heterocycles. The Hall–Kier alpha value is -1.36. The molecule has 1 rings (SSSR count). The third-order valence-electron chi connectivity index (χ3n) is 2.64. The van der Waals surface area contributed by atoms with E-state index in [9.17, 15) is 13.6 Å². The summed E-state index contributed by atoms with van der Waals surface area (Å²) >= 11 is 5.57. The van der Waals surface area contributed by atoms with Crippen LogP contribution in [0.25, 0.3) is 0 Å². The Labute approximate surface area is 108 Å². The molecule has 1 N–H and O–H groups in total. The van der Waals surface area contributed by atoms with Crippen molar-refractivity contribution < 1.29 is 23.4 Å². The van der Waals surface area contributed by atoms with Crippen LogP contribution in [0.3, 0.4) is 0 Å². The maximum atomic E-state index is 13.7. The molecule has 100 valence electrons. The van der Waals surface area contributed by atoms with E-state index in [2.05, 4.69) is 0 Å². The van der Waals surface area contributed by atoms with E-state index in [1.165, 1.54) is 13.2 Å². The zero-order valence-corrected chi connectivity index (χ0v) is 10.9. The van der Waals surface area contributed by atoms with Crippen molar-refractivity contribution in [1.29, 1.82) is 0 Å². The fourth-order valence-electron chi connectivity index (χ4n) is 1.75. The number of halogens is 3. The Bertz CT molecular complexity index is 487. The van der Waals surface area contributed by atoms with Gasteiger partial charge in [0.15, 0.2) is 11.6 Å². The van der Waals surface area contributed by atoms with Crippen molar-refractivity contribution >= 4 is 17.6 Å². The van der Waals surface area contributed by atoms with Gasteiger partial charge in [-0.05, 0) is 6.07 Å². The summed E-state index contributed by atoms with van der Waals surface area (Å²) in [6.45, 7) is 3.18. The van der Waals surface area contributed by atoms with Crippen molar-refractivity contribution in [2.45, 2.75) is 25.7 Å². The van der Waals surface area contributed by atoms with Crippen molar-refractivity contribution in [3.8, 4) is 5.75 Å².